The molecule has 0 unspecified atom stereocenters. The van der Waals surface area contributed by atoms with Crippen molar-refractivity contribution in [2.45, 2.75) is 26.4 Å². The van der Waals surface area contributed by atoms with E-state index in [1.165, 1.54) is 5.56 Å². The fraction of sp³-hybridized carbons (Fsp3) is 0.375. The van der Waals surface area contributed by atoms with Gasteiger partial charge in [0.2, 0.25) is 0 Å². The molecule has 112 valence electrons. The Labute approximate surface area is 131 Å². The van der Waals surface area contributed by atoms with E-state index in [1.54, 1.807) is 0 Å². The fourth-order valence-electron chi connectivity index (χ4n) is 1.97. The van der Waals surface area contributed by atoms with Crippen LogP contribution in [0.25, 0.3) is 0 Å². The van der Waals surface area contributed by atoms with Gasteiger partial charge in [0.1, 0.15) is 5.82 Å². The van der Waals surface area contributed by atoms with Crippen LogP contribution < -0.4 is 10.2 Å². The van der Waals surface area contributed by atoms with Crippen molar-refractivity contribution in [3.8, 4) is 0 Å². The summed E-state index contributed by atoms with van der Waals surface area (Å²) in [6.07, 6.45) is 4.77. The monoisotopic (exact) mass is 304 g/mol. The molecule has 0 atom stereocenters. The molecule has 0 saturated carbocycles. The lowest BCUT2D eigenvalue weighted by Crippen LogP contribution is -2.19. The molecule has 0 bridgehead atoms. The third kappa shape index (κ3) is 4.99. The lowest BCUT2D eigenvalue weighted by Gasteiger charge is -2.18. The molecular weight excluding hydrogens is 284 g/mol. The molecule has 4 nitrogen and oxygen atoms in total. The molecule has 0 amide bonds. The Morgan fingerprint density at radius 1 is 1.14 bits per heavy atom. The molecule has 1 heterocycles. The summed E-state index contributed by atoms with van der Waals surface area (Å²) in [6, 6.07) is 7.85. The van der Waals surface area contributed by atoms with Crippen LogP contribution in [0.1, 0.15) is 24.6 Å². The number of anilines is 1. The van der Waals surface area contributed by atoms with Crippen LogP contribution in [0, 0.1) is 0 Å². The van der Waals surface area contributed by atoms with Crippen LogP contribution in [0.4, 0.5) is 5.82 Å². The maximum Gasteiger partial charge on any atom is 0.147 e. The minimum Gasteiger partial charge on any atom is -0.354 e. The maximum atomic E-state index is 5.89. The molecule has 0 aliphatic carbocycles. The largest absolute Gasteiger partial charge is 0.354 e. The zero-order chi connectivity index (χ0) is 15.1. The predicted molar refractivity (Wildman–Crippen MR) is 87.6 cm³/mol. The van der Waals surface area contributed by atoms with Gasteiger partial charge in [0.15, 0.2) is 0 Å². The first-order valence-electron chi connectivity index (χ1n) is 7.16. The molecular formula is C16H21ClN4. The summed E-state index contributed by atoms with van der Waals surface area (Å²) < 4.78 is 0. The van der Waals surface area contributed by atoms with Gasteiger partial charge in [-0.25, -0.2) is 4.98 Å². The first-order valence-corrected chi connectivity index (χ1v) is 7.54. The van der Waals surface area contributed by atoms with Gasteiger partial charge >= 0.3 is 0 Å². The van der Waals surface area contributed by atoms with Crippen molar-refractivity contribution in [2.24, 2.45) is 0 Å². The van der Waals surface area contributed by atoms with Crippen LogP contribution in [0.15, 0.2) is 36.7 Å². The minimum atomic E-state index is 0.755. The average molecular weight is 305 g/mol. The smallest absolute Gasteiger partial charge is 0.147 e. The highest BCUT2D eigenvalue weighted by atomic mass is 35.5. The van der Waals surface area contributed by atoms with Gasteiger partial charge in [0.05, 0.1) is 18.1 Å². The van der Waals surface area contributed by atoms with Crippen molar-refractivity contribution in [3.63, 3.8) is 0 Å². The molecule has 2 aromatic rings. The molecule has 2 rings (SSSR count). The third-order valence-corrected chi connectivity index (χ3v) is 3.40. The number of hydrogen-bond acceptors (Lipinski definition) is 4. The number of halogens is 1. The Kier molecular flexibility index (Phi) is 5.96. The van der Waals surface area contributed by atoms with Crippen LogP contribution in [0.3, 0.4) is 0 Å². The van der Waals surface area contributed by atoms with Crippen molar-refractivity contribution >= 4 is 17.4 Å². The summed E-state index contributed by atoms with van der Waals surface area (Å²) in [5.41, 5.74) is 2.16. The van der Waals surface area contributed by atoms with Gasteiger partial charge in [-0.15, -0.1) is 0 Å². The molecule has 0 spiro atoms. The summed E-state index contributed by atoms with van der Waals surface area (Å²) in [4.78, 5) is 11.0. The van der Waals surface area contributed by atoms with E-state index in [-0.39, 0.29) is 0 Å². The van der Waals surface area contributed by atoms with Crippen LogP contribution in [-0.2, 0) is 13.1 Å². The molecule has 21 heavy (non-hydrogen) atoms. The average Bonchev–Trinajstić information content (AvgIpc) is 2.50. The molecule has 0 aliphatic heterocycles. The second-order valence-corrected chi connectivity index (χ2v) is 5.46. The molecule has 1 aromatic heterocycles. The zero-order valence-electron chi connectivity index (χ0n) is 12.5. The van der Waals surface area contributed by atoms with E-state index in [4.69, 9.17) is 11.6 Å². The molecule has 0 radical (unpaired) electrons. The summed E-state index contributed by atoms with van der Waals surface area (Å²) in [7, 11) is 2.01. The summed E-state index contributed by atoms with van der Waals surface area (Å²) in [6.45, 7) is 4.69. The van der Waals surface area contributed by atoms with Gasteiger partial charge in [-0.1, -0.05) is 30.7 Å². The van der Waals surface area contributed by atoms with E-state index in [1.807, 2.05) is 43.7 Å². The Bertz CT molecular complexity index is 539. The van der Waals surface area contributed by atoms with Gasteiger partial charge in [0.25, 0.3) is 0 Å². The third-order valence-electron chi connectivity index (χ3n) is 3.15. The van der Waals surface area contributed by atoms with Crippen molar-refractivity contribution in [3.05, 3.63) is 52.9 Å². The molecule has 0 fully saturated rings. The fourth-order valence-corrected chi connectivity index (χ4v) is 2.10. The number of nitrogens with one attached hydrogen (secondary N) is 1. The SMILES string of the molecule is CCCNCc1cnc(N(C)Cc2ccc(Cl)cc2)cn1. The quantitative estimate of drug-likeness (QED) is 0.797. The summed E-state index contributed by atoms with van der Waals surface area (Å²) in [5.74, 6) is 0.865. The summed E-state index contributed by atoms with van der Waals surface area (Å²) in [5, 5.41) is 4.07. The second-order valence-electron chi connectivity index (χ2n) is 5.03. The maximum absolute atomic E-state index is 5.89. The van der Waals surface area contributed by atoms with Gasteiger partial charge in [-0.3, -0.25) is 4.98 Å². The van der Waals surface area contributed by atoms with Crippen LogP contribution in [0.5, 0.6) is 0 Å². The van der Waals surface area contributed by atoms with Gasteiger partial charge in [-0.05, 0) is 30.7 Å². The van der Waals surface area contributed by atoms with Crippen molar-refractivity contribution < 1.29 is 0 Å². The Hall–Kier alpha value is -1.65. The highest BCUT2D eigenvalue weighted by molar-refractivity contribution is 6.30. The van der Waals surface area contributed by atoms with Crippen molar-refractivity contribution in [1.82, 2.24) is 15.3 Å². The lowest BCUT2D eigenvalue weighted by molar-refractivity contribution is 0.661. The summed E-state index contributed by atoms with van der Waals surface area (Å²) >= 11 is 5.89. The van der Waals surface area contributed by atoms with E-state index < -0.39 is 0 Å². The first kappa shape index (κ1) is 15.7. The lowest BCUT2D eigenvalue weighted by atomic mass is 10.2. The number of rotatable bonds is 7. The highest BCUT2D eigenvalue weighted by Crippen LogP contribution is 2.14. The van der Waals surface area contributed by atoms with Crippen molar-refractivity contribution in [1.29, 1.82) is 0 Å². The minimum absolute atomic E-state index is 0.755. The highest BCUT2D eigenvalue weighted by Gasteiger charge is 2.04. The molecule has 1 N–H and O–H groups in total. The standard InChI is InChI=1S/C16H21ClN4/c1-3-8-18-9-15-10-20-16(11-19-15)21(2)12-13-4-6-14(17)7-5-13/h4-7,10-11,18H,3,8-9,12H2,1-2H3. The Morgan fingerprint density at radius 3 is 2.52 bits per heavy atom. The number of benzene rings is 1. The van der Waals surface area contributed by atoms with Crippen molar-refractivity contribution in [2.75, 3.05) is 18.5 Å². The number of nitrogens with zero attached hydrogens (tertiary/aromatic N) is 3. The predicted octanol–water partition coefficient (Wildman–Crippen LogP) is 3.27. The van der Waals surface area contributed by atoms with Crippen LogP contribution in [0.2, 0.25) is 5.02 Å². The Balaban J connectivity index is 1.93. The van der Waals surface area contributed by atoms with Gasteiger partial charge in [0, 0.05) is 25.2 Å². The number of hydrogen-bond donors (Lipinski definition) is 1. The van der Waals surface area contributed by atoms with E-state index in [2.05, 4.69) is 27.1 Å². The van der Waals surface area contributed by atoms with E-state index in [9.17, 15) is 0 Å². The molecule has 5 heteroatoms. The van der Waals surface area contributed by atoms with E-state index >= 15 is 0 Å². The van der Waals surface area contributed by atoms with Crippen LogP contribution in [-0.4, -0.2) is 23.6 Å². The molecule has 0 aliphatic rings. The molecule has 1 aromatic carbocycles. The van der Waals surface area contributed by atoms with Gasteiger partial charge in [-0.2, -0.15) is 0 Å². The topological polar surface area (TPSA) is 41.1 Å². The number of aromatic nitrogens is 2. The van der Waals surface area contributed by atoms with E-state index in [0.29, 0.717) is 0 Å². The first-order chi connectivity index (χ1) is 10.2. The normalized spacial score (nSPS) is 10.6. The van der Waals surface area contributed by atoms with E-state index in [0.717, 1.165) is 42.6 Å². The Morgan fingerprint density at radius 2 is 1.90 bits per heavy atom. The van der Waals surface area contributed by atoms with Crippen LogP contribution >= 0.6 is 11.6 Å². The second kappa shape index (κ2) is 7.96. The van der Waals surface area contributed by atoms with Gasteiger partial charge < -0.3 is 10.2 Å². The zero-order valence-corrected chi connectivity index (χ0v) is 13.3. The molecule has 0 saturated heterocycles.